The molecule has 10 heteroatoms. The largest absolute Gasteiger partial charge is 0.512 e. The van der Waals surface area contributed by atoms with Gasteiger partial charge in [0.1, 0.15) is 0 Å². The Morgan fingerprint density at radius 1 is 0.545 bits per heavy atom. The van der Waals surface area contributed by atoms with Gasteiger partial charge in [-0.05, 0) is 108 Å². The van der Waals surface area contributed by atoms with Crippen LogP contribution in [0.1, 0.15) is 167 Å². The Balaban J connectivity index is 0.000000319. The van der Waals surface area contributed by atoms with E-state index in [-0.39, 0.29) is 74.1 Å². The van der Waals surface area contributed by atoms with Crippen LogP contribution < -0.4 is 0 Å². The third kappa shape index (κ3) is 19.0. The zero-order valence-corrected chi connectivity index (χ0v) is 54.7. The van der Waals surface area contributed by atoms with Crippen LogP contribution in [0.5, 0.6) is 0 Å². The number of thiophene rings is 2. The fourth-order valence-corrected chi connectivity index (χ4v) is 10.7. The molecule has 0 aliphatic heterocycles. The summed E-state index contributed by atoms with van der Waals surface area (Å²) >= 11 is 3.72. The van der Waals surface area contributed by atoms with Crippen molar-refractivity contribution >= 4 is 54.4 Å². The molecule has 0 saturated heterocycles. The van der Waals surface area contributed by atoms with Crippen LogP contribution in [-0.2, 0) is 60.6 Å². The van der Waals surface area contributed by atoms with Crippen molar-refractivity contribution < 1.29 is 60.0 Å². The van der Waals surface area contributed by atoms with Crippen molar-refractivity contribution in [3.63, 3.8) is 0 Å². The molecule has 0 saturated carbocycles. The number of aryl methyl sites for hydroxylation is 2. The van der Waals surface area contributed by atoms with Crippen molar-refractivity contribution in [1.82, 2.24) is 9.97 Å². The van der Waals surface area contributed by atoms with Gasteiger partial charge in [-0.2, -0.15) is 0 Å². The zero-order chi connectivity index (χ0) is 55.7. The summed E-state index contributed by atoms with van der Waals surface area (Å²) < 4.78 is 2.55. The van der Waals surface area contributed by atoms with Gasteiger partial charge in [0.15, 0.2) is 11.6 Å². The molecule has 2 radical (unpaired) electrons. The number of aliphatic hydroxyl groups excluding tert-OH is 2. The Kier molecular flexibility index (Phi) is 24.6. The topological polar surface area (TPSA) is 100 Å². The summed E-state index contributed by atoms with van der Waals surface area (Å²) in [6.07, 6.45) is 6.37. The van der Waals surface area contributed by atoms with Crippen LogP contribution in [0.4, 0.5) is 0 Å². The average Bonchev–Trinajstić information content (AvgIpc) is 3.94. The van der Waals surface area contributed by atoms with Crippen molar-refractivity contribution in [1.29, 1.82) is 0 Å². The molecule has 2 N–H and O–H groups in total. The molecule has 8 rings (SSSR count). The summed E-state index contributed by atoms with van der Waals surface area (Å²) in [5.41, 5.74) is 16.2. The molecule has 412 valence electrons. The summed E-state index contributed by atoms with van der Waals surface area (Å²) in [5, 5.41) is 19.1. The van der Waals surface area contributed by atoms with E-state index in [1.807, 2.05) is 35.1 Å². The van der Waals surface area contributed by atoms with Gasteiger partial charge in [0.2, 0.25) is 0 Å². The molecule has 4 heterocycles. The number of carbonyl (C=O) groups excluding carboxylic acids is 2. The normalized spacial score (nSPS) is 11.8. The van der Waals surface area contributed by atoms with Gasteiger partial charge >= 0.3 is 0 Å². The predicted octanol–water partition coefficient (Wildman–Crippen LogP) is 19.5. The number of benzene rings is 4. The smallest absolute Gasteiger partial charge is 0.155 e. The van der Waals surface area contributed by atoms with Crippen LogP contribution in [0.15, 0.2) is 127 Å². The third-order valence-corrected chi connectivity index (χ3v) is 14.7. The average molecular weight is 1420 g/mol. The summed E-state index contributed by atoms with van der Waals surface area (Å²) in [6.45, 7) is 37.1. The SMILES string of the molecule is CC(=O)C=C(C)O.CC(=O)C=C(C)O.Cc1[c-]c(-c2cc3sc(-c4c(C(C)C)cccc4C(C)C)cc3cn2)cc(C(C)(C)C)c1.Cc1[c-]c(-c2cc3sc(-c4ccc(C(C)C)cc4)cc3cn2)cc(C(C)(C)C)c1.[Ir].[Ir]. The minimum absolute atomic E-state index is 0. The van der Waals surface area contributed by atoms with Gasteiger partial charge < -0.3 is 20.2 Å². The maximum atomic E-state index is 10.0. The molecule has 0 spiro atoms. The number of pyridine rings is 2. The van der Waals surface area contributed by atoms with Gasteiger partial charge in [0.05, 0.1) is 11.5 Å². The summed E-state index contributed by atoms with van der Waals surface area (Å²) in [7, 11) is 0. The first-order valence-electron chi connectivity index (χ1n) is 25.9. The van der Waals surface area contributed by atoms with Crippen molar-refractivity contribution in [2.24, 2.45) is 0 Å². The molecule has 77 heavy (non-hydrogen) atoms. The van der Waals surface area contributed by atoms with Crippen LogP contribution in [-0.4, -0.2) is 31.7 Å². The monoisotopic (exact) mass is 1420 g/mol. The summed E-state index contributed by atoms with van der Waals surface area (Å²) in [5.74, 6) is 1.41. The van der Waals surface area contributed by atoms with Crippen molar-refractivity contribution in [3.8, 4) is 43.4 Å². The van der Waals surface area contributed by atoms with Gasteiger partial charge in [0.25, 0.3) is 0 Å². The van der Waals surface area contributed by atoms with Gasteiger partial charge in [-0.3, -0.25) is 9.59 Å². The molecule has 6 nitrogen and oxygen atoms in total. The Labute approximate surface area is 495 Å². The van der Waals surface area contributed by atoms with Crippen LogP contribution in [0, 0.1) is 26.0 Å². The first-order valence-corrected chi connectivity index (χ1v) is 27.5. The van der Waals surface area contributed by atoms with Gasteiger partial charge in [-0.15, -0.1) is 92.5 Å². The van der Waals surface area contributed by atoms with E-state index in [1.165, 1.54) is 109 Å². The predicted molar refractivity (Wildman–Crippen MR) is 322 cm³/mol. The van der Waals surface area contributed by atoms with E-state index in [2.05, 4.69) is 200 Å². The first-order chi connectivity index (χ1) is 35.0. The van der Waals surface area contributed by atoms with E-state index < -0.39 is 0 Å². The van der Waals surface area contributed by atoms with E-state index >= 15 is 0 Å². The van der Waals surface area contributed by atoms with E-state index in [0.717, 1.165) is 33.6 Å². The third-order valence-electron chi connectivity index (χ3n) is 12.4. The molecule has 4 aromatic heterocycles. The van der Waals surface area contributed by atoms with Crippen LogP contribution in [0.2, 0.25) is 0 Å². The molecular formula is C67H78Ir2N2O4S2-2. The van der Waals surface area contributed by atoms with E-state index in [9.17, 15) is 9.59 Å². The van der Waals surface area contributed by atoms with E-state index in [4.69, 9.17) is 20.2 Å². The molecule has 0 amide bonds. The Hall–Kier alpha value is -5.18. The van der Waals surface area contributed by atoms with Gasteiger partial charge in [-0.25, -0.2) is 0 Å². The van der Waals surface area contributed by atoms with Crippen molar-refractivity contribution in [2.75, 3.05) is 0 Å². The molecule has 8 aromatic rings. The second kappa shape index (κ2) is 28.6. The second-order valence-electron chi connectivity index (χ2n) is 22.6. The fourth-order valence-electron chi connectivity index (χ4n) is 8.46. The number of fused-ring (bicyclic) bond motifs is 2. The van der Waals surface area contributed by atoms with Crippen molar-refractivity contribution in [2.45, 2.75) is 153 Å². The first kappa shape index (κ1) is 66.1. The minimum Gasteiger partial charge on any atom is -0.512 e. The number of hydrogen-bond donors (Lipinski definition) is 2. The molecule has 0 bridgehead atoms. The summed E-state index contributed by atoms with van der Waals surface area (Å²) in [6, 6.07) is 40.7. The Morgan fingerprint density at radius 3 is 1.27 bits per heavy atom. The van der Waals surface area contributed by atoms with Gasteiger partial charge in [-0.1, -0.05) is 152 Å². The molecule has 0 atom stereocenters. The number of rotatable bonds is 9. The minimum atomic E-state index is -0.125. The molecule has 4 aromatic carbocycles. The zero-order valence-electron chi connectivity index (χ0n) is 48.3. The number of aromatic nitrogens is 2. The van der Waals surface area contributed by atoms with Crippen LogP contribution >= 0.6 is 22.7 Å². The van der Waals surface area contributed by atoms with Crippen LogP contribution in [0.3, 0.4) is 0 Å². The standard InChI is InChI=1S/C30H34NS.C27H28NS.2C5H8O2.2Ir/c1-18(2)24-10-9-11-25(19(3)4)29(24)28-15-22-17-31-26(16-27(22)32-28)21-12-20(5)13-23(14-21)30(6,7)8;1-17(2)19-7-9-20(10-8-19)25-14-22-16-28-24(15-26(22)29-25)21-11-18(3)12-23(13-21)27(4,5)6;2*1-4(6)3-5(2)7;;/h9-11,13-19H,1-8H3;7-10,12-17H,1-6H3;2*3,6H,1-2H3;;/q2*-1;;;;. The molecule has 0 aliphatic carbocycles. The number of nitrogens with zero attached hydrogens (tertiary/aromatic N) is 2. The number of allylic oxidation sites excluding steroid dienone is 4. The van der Waals surface area contributed by atoms with E-state index in [0.29, 0.717) is 17.8 Å². The maximum Gasteiger partial charge on any atom is 0.155 e. The number of aliphatic hydroxyl groups is 2. The number of hydrogen-bond acceptors (Lipinski definition) is 8. The molecular weight excluding hydrogens is 1350 g/mol. The van der Waals surface area contributed by atoms with Crippen molar-refractivity contribution in [3.05, 3.63) is 178 Å². The molecule has 0 unspecified atom stereocenters. The van der Waals surface area contributed by atoms with E-state index in [1.54, 1.807) is 0 Å². The maximum absolute atomic E-state index is 10.0. The molecule has 0 fully saturated rings. The fraction of sp³-hybridized carbons (Fsp3) is 0.343. The molecule has 0 aliphatic rings. The van der Waals surface area contributed by atoms with Gasteiger partial charge in [0, 0.05) is 94.7 Å². The Morgan fingerprint density at radius 2 is 0.935 bits per heavy atom. The number of carbonyl (C=O) groups is 2. The quantitative estimate of drug-likeness (QED) is 0.0848. The Bertz CT molecular complexity index is 3280. The number of ketones is 2. The second-order valence-corrected chi connectivity index (χ2v) is 24.7. The van der Waals surface area contributed by atoms with Crippen LogP contribution in [0.25, 0.3) is 63.6 Å². The summed E-state index contributed by atoms with van der Waals surface area (Å²) in [4.78, 5) is 32.3.